The van der Waals surface area contributed by atoms with Crippen LogP contribution in [0.25, 0.3) is 0 Å². The average Bonchev–Trinajstić information content (AvgIpc) is 2.72. The molecule has 0 radical (unpaired) electrons. The van der Waals surface area contributed by atoms with E-state index in [1.54, 1.807) is 4.90 Å². The largest absolute Gasteiger partial charge is 0.440 e. The van der Waals surface area contributed by atoms with Crippen LogP contribution in [0.15, 0.2) is 24.4 Å². The summed E-state index contributed by atoms with van der Waals surface area (Å²) < 4.78 is 5.61. The Morgan fingerprint density at radius 3 is 3.00 bits per heavy atom. The Morgan fingerprint density at radius 1 is 1.40 bits per heavy atom. The van der Waals surface area contributed by atoms with E-state index in [1.807, 2.05) is 25.4 Å². The maximum atomic E-state index is 11.6. The first kappa shape index (κ1) is 13.4. The van der Waals surface area contributed by atoms with Crippen LogP contribution >= 0.6 is 0 Å². The molecule has 0 N–H and O–H groups in total. The van der Waals surface area contributed by atoms with Gasteiger partial charge in [-0.25, -0.2) is 4.79 Å². The van der Waals surface area contributed by atoms with E-state index in [4.69, 9.17) is 4.74 Å². The van der Waals surface area contributed by atoms with Crippen LogP contribution in [0.1, 0.15) is 18.5 Å². The number of nitrogens with zero attached hydrogens (tertiary/aromatic N) is 3. The molecule has 1 atom stereocenters. The van der Waals surface area contributed by atoms with E-state index in [-0.39, 0.29) is 11.7 Å². The first-order valence-electron chi connectivity index (χ1n) is 7.23. The van der Waals surface area contributed by atoms with Gasteiger partial charge in [-0.2, -0.15) is 0 Å². The Labute approximate surface area is 119 Å². The molecule has 3 rings (SSSR count). The lowest BCUT2D eigenvalue weighted by Crippen LogP contribution is -2.50. The minimum atomic E-state index is -0.284. The molecule has 2 aliphatic rings. The molecule has 0 aromatic carbocycles. The number of hydrogen-bond donors (Lipinski definition) is 0. The fourth-order valence-electron chi connectivity index (χ4n) is 3.20. The quantitative estimate of drug-likeness (QED) is 0.839. The number of carbonyl (C=O) groups is 1. The summed E-state index contributed by atoms with van der Waals surface area (Å²) in [6.45, 7) is 3.61. The molecule has 2 fully saturated rings. The zero-order valence-corrected chi connectivity index (χ0v) is 11.9. The van der Waals surface area contributed by atoms with Gasteiger partial charge < -0.3 is 9.64 Å². The van der Waals surface area contributed by atoms with Crippen molar-refractivity contribution in [2.75, 3.05) is 33.2 Å². The van der Waals surface area contributed by atoms with Gasteiger partial charge in [0.2, 0.25) is 0 Å². The molecular formula is C15H21N3O2. The van der Waals surface area contributed by atoms with Crippen LogP contribution < -0.4 is 0 Å². The van der Waals surface area contributed by atoms with E-state index in [0.717, 1.165) is 44.6 Å². The molecule has 5 nitrogen and oxygen atoms in total. The molecule has 3 heterocycles. The van der Waals surface area contributed by atoms with Gasteiger partial charge in [-0.15, -0.1) is 0 Å². The number of ether oxygens (including phenoxy) is 1. The van der Waals surface area contributed by atoms with Crippen molar-refractivity contribution in [2.24, 2.45) is 0 Å². The highest BCUT2D eigenvalue weighted by Crippen LogP contribution is 2.31. The first-order chi connectivity index (χ1) is 9.67. The van der Waals surface area contributed by atoms with Crippen molar-refractivity contribution in [2.45, 2.75) is 24.9 Å². The van der Waals surface area contributed by atoms with Crippen molar-refractivity contribution in [1.29, 1.82) is 0 Å². The van der Waals surface area contributed by atoms with Gasteiger partial charge in [0.05, 0.1) is 6.54 Å². The minimum absolute atomic E-state index is 0.184. The van der Waals surface area contributed by atoms with Crippen molar-refractivity contribution in [1.82, 2.24) is 14.8 Å². The van der Waals surface area contributed by atoms with Crippen LogP contribution in [-0.4, -0.2) is 59.7 Å². The number of carbonyl (C=O) groups excluding carboxylic acids is 1. The van der Waals surface area contributed by atoms with Crippen LogP contribution in [0.4, 0.5) is 4.79 Å². The molecular weight excluding hydrogens is 254 g/mol. The number of likely N-dealkylation sites (N-methyl/N-ethyl adjacent to an activating group) is 1. The molecule has 1 amide bonds. The van der Waals surface area contributed by atoms with Crippen LogP contribution in [0.5, 0.6) is 0 Å². The van der Waals surface area contributed by atoms with Crippen molar-refractivity contribution in [3.05, 3.63) is 30.1 Å². The maximum Gasteiger partial charge on any atom is 0.410 e. The number of aromatic nitrogens is 1. The fourth-order valence-corrected chi connectivity index (χ4v) is 3.20. The van der Waals surface area contributed by atoms with Crippen molar-refractivity contribution < 1.29 is 9.53 Å². The molecule has 1 aromatic rings. The number of pyridine rings is 1. The van der Waals surface area contributed by atoms with Gasteiger partial charge in [0, 0.05) is 38.4 Å². The Hall–Kier alpha value is -1.62. The second-order valence-corrected chi connectivity index (χ2v) is 5.86. The summed E-state index contributed by atoms with van der Waals surface area (Å²) in [7, 11) is 1.81. The highest BCUT2D eigenvalue weighted by molar-refractivity contribution is 5.70. The molecule has 1 aromatic heterocycles. The highest BCUT2D eigenvalue weighted by atomic mass is 16.6. The molecule has 0 bridgehead atoms. The molecule has 108 valence electrons. The van der Waals surface area contributed by atoms with Crippen molar-refractivity contribution in [3.8, 4) is 0 Å². The number of amides is 1. The summed E-state index contributed by atoms with van der Waals surface area (Å²) in [5, 5.41) is 0. The molecule has 1 unspecified atom stereocenters. The van der Waals surface area contributed by atoms with Gasteiger partial charge in [0.25, 0.3) is 0 Å². The third-order valence-electron chi connectivity index (χ3n) is 4.17. The lowest BCUT2D eigenvalue weighted by Gasteiger charge is -2.38. The first-order valence-corrected chi connectivity index (χ1v) is 7.23. The number of piperidine rings is 1. The minimum Gasteiger partial charge on any atom is -0.440 e. The Kier molecular flexibility index (Phi) is 3.61. The molecule has 2 aliphatic heterocycles. The normalized spacial score (nSPS) is 27.1. The number of rotatable bonds is 3. The third kappa shape index (κ3) is 2.77. The Balaban J connectivity index is 1.57. The van der Waals surface area contributed by atoms with Gasteiger partial charge in [0.15, 0.2) is 0 Å². The van der Waals surface area contributed by atoms with Crippen molar-refractivity contribution in [3.63, 3.8) is 0 Å². The Morgan fingerprint density at radius 2 is 2.30 bits per heavy atom. The maximum absolute atomic E-state index is 11.6. The summed E-state index contributed by atoms with van der Waals surface area (Å²) in [4.78, 5) is 20.0. The van der Waals surface area contributed by atoms with E-state index in [2.05, 4.69) is 16.0 Å². The number of hydrogen-bond acceptors (Lipinski definition) is 4. The molecule has 20 heavy (non-hydrogen) atoms. The SMILES string of the molecule is CN1CC2(CCCN(CCc3ccccn3)C2)OC1=O. The summed E-state index contributed by atoms with van der Waals surface area (Å²) >= 11 is 0. The second-order valence-electron chi connectivity index (χ2n) is 5.86. The van der Waals surface area contributed by atoms with Crippen LogP contribution in [0.2, 0.25) is 0 Å². The van der Waals surface area contributed by atoms with E-state index in [1.165, 1.54) is 0 Å². The van der Waals surface area contributed by atoms with Gasteiger partial charge in [-0.3, -0.25) is 9.88 Å². The monoisotopic (exact) mass is 275 g/mol. The topological polar surface area (TPSA) is 45.7 Å². The van der Waals surface area contributed by atoms with Gasteiger partial charge in [-0.1, -0.05) is 6.07 Å². The zero-order chi connectivity index (χ0) is 14.0. The summed E-state index contributed by atoms with van der Waals surface area (Å²) in [5.74, 6) is 0. The van der Waals surface area contributed by atoms with Crippen LogP contribution in [0, 0.1) is 0 Å². The van der Waals surface area contributed by atoms with E-state index in [0.29, 0.717) is 6.54 Å². The van der Waals surface area contributed by atoms with Gasteiger partial charge in [-0.05, 0) is 31.5 Å². The average molecular weight is 275 g/mol. The molecule has 5 heteroatoms. The van der Waals surface area contributed by atoms with E-state index in [9.17, 15) is 4.79 Å². The summed E-state index contributed by atoms with van der Waals surface area (Å²) in [5.41, 5.74) is 0.835. The van der Waals surface area contributed by atoms with Crippen LogP contribution in [0.3, 0.4) is 0 Å². The standard InChI is InChI=1S/C15H21N3O2/c1-17-11-15(20-14(17)19)7-4-9-18(12-15)10-6-13-5-2-3-8-16-13/h2-3,5,8H,4,6-7,9-12H2,1H3. The molecule has 1 spiro atoms. The van der Waals surface area contributed by atoms with Gasteiger partial charge >= 0.3 is 6.09 Å². The third-order valence-corrected chi connectivity index (χ3v) is 4.17. The predicted octanol–water partition coefficient (Wildman–Crippen LogP) is 1.54. The zero-order valence-electron chi connectivity index (χ0n) is 11.9. The molecule has 0 aliphatic carbocycles. The predicted molar refractivity (Wildman–Crippen MR) is 75.5 cm³/mol. The smallest absolute Gasteiger partial charge is 0.410 e. The van der Waals surface area contributed by atoms with Gasteiger partial charge in [0.1, 0.15) is 5.60 Å². The van der Waals surface area contributed by atoms with E-state index < -0.39 is 0 Å². The Bertz CT molecular complexity index is 479. The lowest BCUT2D eigenvalue weighted by molar-refractivity contribution is -0.00840. The van der Waals surface area contributed by atoms with E-state index >= 15 is 0 Å². The van der Waals surface area contributed by atoms with Crippen molar-refractivity contribution >= 4 is 6.09 Å². The summed E-state index contributed by atoms with van der Waals surface area (Å²) in [6.07, 6.45) is 4.66. The lowest BCUT2D eigenvalue weighted by atomic mass is 9.92. The molecule has 2 saturated heterocycles. The summed E-state index contributed by atoms with van der Waals surface area (Å²) in [6, 6.07) is 6.02. The van der Waals surface area contributed by atoms with Crippen LogP contribution in [-0.2, 0) is 11.2 Å². The fraction of sp³-hybridized carbons (Fsp3) is 0.600. The second kappa shape index (κ2) is 5.40. The molecule has 0 saturated carbocycles. The highest BCUT2D eigenvalue weighted by Gasteiger charge is 2.46. The number of likely N-dealkylation sites (tertiary alicyclic amines) is 1.